The van der Waals surface area contributed by atoms with Crippen LogP contribution in [0.4, 0.5) is 17.1 Å². The van der Waals surface area contributed by atoms with Gasteiger partial charge in [-0.05, 0) is 29.8 Å². The maximum absolute atomic E-state index is 12.3. The molecule has 28 heavy (non-hydrogen) atoms. The lowest BCUT2D eigenvalue weighted by Crippen LogP contribution is -2.17. The van der Waals surface area contributed by atoms with Crippen LogP contribution >= 0.6 is 0 Å². The van der Waals surface area contributed by atoms with Crippen molar-refractivity contribution in [3.8, 4) is 0 Å². The smallest absolute Gasteiger partial charge is 0.273 e. The third-order valence-corrected chi connectivity index (χ3v) is 4.39. The number of benzene rings is 3. The first-order valence-corrected chi connectivity index (χ1v) is 8.90. The Kier molecular flexibility index (Phi) is 6.01. The van der Waals surface area contributed by atoms with Crippen molar-refractivity contribution in [2.75, 3.05) is 17.3 Å². The van der Waals surface area contributed by atoms with Crippen molar-refractivity contribution in [1.82, 2.24) is 0 Å². The molecule has 0 atom stereocenters. The highest BCUT2D eigenvalue weighted by Crippen LogP contribution is 2.21. The minimum absolute atomic E-state index is 0.0458. The number of hydrogen-bond donors (Lipinski definition) is 1. The van der Waals surface area contributed by atoms with E-state index in [1.54, 1.807) is 18.2 Å². The molecule has 0 aliphatic heterocycles. The van der Waals surface area contributed by atoms with E-state index in [2.05, 4.69) is 22.3 Å². The number of carbonyl (C=O) groups is 1. The molecule has 6 nitrogen and oxygen atoms in total. The Balaban J connectivity index is 1.61. The molecule has 0 spiro atoms. The van der Waals surface area contributed by atoms with Gasteiger partial charge in [-0.15, -0.1) is 0 Å². The first-order chi connectivity index (χ1) is 13.5. The van der Waals surface area contributed by atoms with Crippen molar-refractivity contribution >= 4 is 23.0 Å². The summed E-state index contributed by atoms with van der Waals surface area (Å²) in [6.07, 6.45) is -0.0488. The zero-order valence-corrected chi connectivity index (χ0v) is 15.5. The topological polar surface area (TPSA) is 75.5 Å². The lowest BCUT2D eigenvalue weighted by atomic mass is 10.1. The van der Waals surface area contributed by atoms with Crippen molar-refractivity contribution < 1.29 is 9.72 Å². The van der Waals surface area contributed by atoms with Crippen molar-refractivity contribution in [3.63, 3.8) is 0 Å². The first kappa shape index (κ1) is 19.1. The average molecular weight is 375 g/mol. The number of amides is 1. The van der Waals surface area contributed by atoms with Gasteiger partial charge in [0.2, 0.25) is 5.91 Å². The summed E-state index contributed by atoms with van der Waals surface area (Å²) >= 11 is 0. The zero-order chi connectivity index (χ0) is 19.9. The number of nitrogens with zero attached hydrogens (tertiary/aromatic N) is 2. The van der Waals surface area contributed by atoms with Gasteiger partial charge in [-0.1, -0.05) is 48.5 Å². The van der Waals surface area contributed by atoms with Crippen LogP contribution in [0.2, 0.25) is 0 Å². The Morgan fingerprint density at radius 3 is 2.29 bits per heavy atom. The number of nitrogens with one attached hydrogen (secondary N) is 1. The number of nitro groups is 1. The molecule has 0 aliphatic rings. The minimum Gasteiger partial charge on any atom is -0.370 e. The molecular weight excluding hydrogens is 354 g/mol. The van der Waals surface area contributed by atoms with Gasteiger partial charge in [-0.2, -0.15) is 0 Å². The largest absolute Gasteiger partial charge is 0.370 e. The van der Waals surface area contributed by atoms with Crippen LogP contribution in [0.1, 0.15) is 11.1 Å². The highest BCUT2D eigenvalue weighted by atomic mass is 16.6. The predicted octanol–water partition coefficient (Wildman–Crippen LogP) is 4.41. The molecule has 0 heterocycles. The summed E-state index contributed by atoms with van der Waals surface area (Å²) in [6, 6.07) is 24.0. The second-order valence-corrected chi connectivity index (χ2v) is 6.50. The van der Waals surface area contributed by atoms with Crippen LogP contribution in [-0.4, -0.2) is 17.9 Å². The number of nitro benzene ring substituents is 1. The van der Waals surface area contributed by atoms with Crippen LogP contribution in [0.25, 0.3) is 0 Å². The monoisotopic (exact) mass is 375 g/mol. The van der Waals surface area contributed by atoms with Gasteiger partial charge in [0.1, 0.15) is 0 Å². The van der Waals surface area contributed by atoms with Crippen LogP contribution in [0, 0.1) is 10.1 Å². The molecule has 0 radical (unpaired) electrons. The van der Waals surface area contributed by atoms with Gasteiger partial charge in [-0.3, -0.25) is 14.9 Å². The fourth-order valence-corrected chi connectivity index (χ4v) is 2.96. The van der Waals surface area contributed by atoms with E-state index in [0.29, 0.717) is 11.3 Å². The zero-order valence-electron chi connectivity index (χ0n) is 15.5. The Labute approximate surface area is 163 Å². The van der Waals surface area contributed by atoms with Crippen LogP contribution in [0.3, 0.4) is 0 Å². The summed E-state index contributed by atoms with van der Waals surface area (Å²) in [7, 11) is 2.01. The molecule has 3 aromatic rings. The summed E-state index contributed by atoms with van der Waals surface area (Å²) in [5, 5.41) is 13.9. The maximum atomic E-state index is 12.3. The highest BCUT2D eigenvalue weighted by molar-refractivity contribution is 5.93. The van der Waals surface area contributed by atoms with E-state index in [0.717, 1.165) is 12.2 Å². The molecule has 0 bridgehead atoms. The maximum Gasteiger partial charge on any atom is 0.273 e. The van der Waals surface area contributed by atoms with Crippen molar-refractivity contribution in [3.05, 3.63) is 100 Å². The molecule has 0 fully saturated rings. The summed E-state index contributed by atoms with van der Waals surface area (Å²) < 4.78 is 0. The summed E-state index contributed by atoms with van der Waals surface area (Å²) in [5.41, 5.74) is 3.24. The SMILES string of the molecule is CN(Cc1ccccc1)c1ccc(NC(=O)Cc2ccccc2[N+](=O)[O-])cc1. The Morgan fingerprint density at radius 1 is 0.964 bits per heavy atom. The number of hydrogen-bond acceptors (Lipinski definition) is 4. The normalized spacial score (nSPS) is 10.3. The molecule has 142 valence electrons. The molecule has 1 N–H and O–H groups in total. The third-order valence-electron chi connectivity index (χ3n) is 4.39. The van der Waals surface area contributed by atoms with Crippen LogP contribution < -0.4 is 10.2 Å². The predicted molar refractivity (Wildman–Crippen MR) is 110 cm³/mol. The molecule has 0 aliphatic carbocycles. The second kappa shape index (κ2) is 8.81. The quantitative estimate of drug-likeness (QED) is 0.490. The lowest BCUT2D eigenvalue weighted by Gasteiger charge is -2.19. The molecule has 1 amide bonds. The average Bonchev–Trinajstić information content (AvgIpc) is 2.69. The number of para-hydroxylation sites is 1. The highest BCUT2D eigenvalue weighted by Gasteiger charge is 2.15. The molecule has 0 saturated heterocycles. The van der Waals surface area contributed by atoms with E-state index in [4.69, 9.17) is 0 Å². The van der Waals surface area contributed by atoms with Crippen LogP contribution in [0.5, 0.6) is 0 Å². The fourth-order valence-electron chi connectivity index (χ4n) is 2.96. The van der Waals surface area contributed by atoms with E-state index in [9.17, 15) is 14.9 Å². The molecule has 0 aromatic heterocycles. The van der Waals surface area contributed by atoms with Gasteiger partial charge in [-0.25, -0.2) is 0 Å². The van der Waals surface area contributed by atoms with Gasteiger partial charge in [0.15, 0.2) is 0 Å². The third kappa shape index (κ3) is 4.94. The van der Waals surface area contributed by atoms with Gasteiger partial charge in [0, 0.05) is 36.6 Å². The fraction of sp³-hybridized carbons (Fsp3) is 0.136. The number of anilines is 2. The van der Waals surface area contributed by atoms with E-state index in [1.165, 1.54) is 11.6 Å². The molecule has 3 rings (SSSR count). The van der Waals surface area contributed by atoms with Crippen molar-refractivity contribution in [2.45, 2.75) is 13.0 Å². The molecular formula is C22H21N3O3. The van der Waals surface area contributed by atoms with Gasteiger partial charge < -0.3 is 10.2 Å². The van der Waals surface area contributed by atoms with Crippen molar-refractivity contribution in [1.29, 1.82) is 0 Å². The number of carbonyl (C=O) groups excluding carboxylic acids is 1. The van der Waals surface area contributed by atoms with Crippen LogP contribution in [0.15, 0.2) is 78.9 Å². The van der Waals surface area contributed by atoms with E-state index in [1.807, 2.05) is 49.5 Å². The van der Waals surface area contributed by atoms with E-state index < -0.39 is 4.92 Å². The number of rotatable bonds is 7. The second-order valence-electron chi connectivity index (χ2n) is 6.50. The lowest BCUT2D eigenvalue weighted by molar-refractivity contribution is -0.385. The molecule has 6 heteroatoms. The van der Waals surface area contributed by atoms with E-state index in [-0.39, 0.29) is 18.0 Å². The summed E-state index contributed by atoms with van der Waals surface area (Å²) in [5.74, 6) is -0.292. The standard InChI is InChI=1S/C22H21N3O3/c1-24(16-17-7-3-2-4-8-17)20-13-11-19(12-14-20)23-22(26)15-18-9-5-6-10-21(18)25(27)28/h2-14H,15-16H2,1H3,(H,23,26). The first-order valence-electron chi connectivity index (χ1n) is 8.90. The van der Waals surface area contributed by atoms with Gasteiger partial charge in [0.25, 0.3) is 5.69 Å². The molecule has 3 aromatic carbocycles. The molecule has 0 saturated carbocycles. The summed E-state index contributed by atoms with van der Waals surface area (Å²) in [6.45, 7) is 0.782. The minimum atomic E-state index is -0.472. The Bertz CT molecular complexity index is 956. The van der Waals surface area contributed by atoms with Crippen LogP contribution in [-0.2, 0) is 17.8 Å². The van der Waals surface area contributed by atoms with E-state index >= 15 is 0 Å². The molecule has 0 unspecified atom stereocenters. The summed E-state index contributed by atoms with van der Waals surface area (Å²) in [4.78, 5) is 25.0. The van der Waals surface area contributed by atoms with Gasteiger partial charge >= 0.3 is 0 Å². The van der Waals surface area contributed by atoms with Gasteiger partial charge in [0.05, 0.1) is 11.3 Å². The van der Waals surface area contributed by atoms with Crippen molar-refractivity contribution in [2.24, 2.45) is 0 Å². The Morgan fingerprint density at radius 2 is 1.61 bits per heavy atom. The Hall–Kier alpha value is -3.67.